The highest BCUT2D eigenvalue weighted by atomic mass is 32.1. The highest BCUT2D eigenvalue weighted by Crippen LogP contribution is 2.21. The Kier molecular flexibility index (Phi) is 5.94. The van der Waals surface area contributed by atoms with Crippen molar-refractivity contribution < 1.29 is 14.0 Å². The fourth-order valence-corrected chi connectivity index (χ4v) is 5.19. The summed E-state index contributed by atoms with van der Waals surface area (Å²) in [6.07, 6.45) is 2.17. The van der Waals surface area contributed by atoms with Crippen molar-refractivity contribution in [3.63, 3.8) is 0 Å². The Morgan fingerprint density at radius 3 is 2.59 bits per heavy atom. The monoisotopic (exact) mass is 482 g/mol. The molecular formula is C23H26N6O4S. The average Bonchev–Trinajstić information content (AvgIpc) is 3.60. The Labute approximate surface area is 199 Å². The minimum Gasteiger partial charge on any atom is -0.459 e. The van der Waals surface area contributed by atoms with E-state index in [0.29, 0.717) is 61.2 Å². The van der Waals surface area contributed by atoms with Gasteiger partial charge in [-0.05, 0) is 29.5 Å². The van der Waals surface area contributed by atoms with Crippen LogP contribution in [0.1, 0.15) is 36.6 Å². The van der Waals surface area contributed by atoms with Crippen LogP contribution in [-0.4, -0.2) is 67.0 Å². The Hall–Kier alpha value is -3.47. The van der Waals surface area contributed by atoms with E-state index in [1.165, 1.54) is 17.6 Å². The molecule has 0 bridgehead atoms. The van der Waals surface area contributed by atoms with Crippen LogP contribution >= 0.6 is 11.3 Å². The van der Waals surface area contributed by atoms with Crippen molar-refractivity contribution in [2.24, 2.45) is 5.92 Å². The van der Waals surface area contributed by atoms with E-state index < -0.39 is 0 Å². The molecule has 34 heavy (non-hydrogen) atoms. The second kappa shape index (κ2) is 9.05. The lowest BCUT2D eigenvalue weighted by Gasteiger charge is -2.34. The van der Waals surface area contributed by atoms with Crippen molar-refractivity contribution in [1.82, 2.24) is 29.0 Å². The molecule has 5 rings (SSSR count). The third-order valence-electron chi connectivity index (χ3n) is 6.04. The molecule has 178 valence electrons. The summed E-state index contributed by atoms with van der Waals surface area (Å²) in [6.45, 7) is 6.56. The molecule has 0 radical (unpaired) electrons. The van der Waals surface area contributed by atoms with Crippen molar-refractivity contribution in [3.8, 4) is 0 Å². The van der Waals surface area contributed by atoms with E-state index in [1.807, 2.05) is 15.8 Å². The summed E-state index contributed by atoms with van der Waals surface area (Å²) >= 11 is 1.41. The van der Waals surface area contributed by atoms with E-state index in [4.69, 9.17) is 4.42 Å². The van der Waals surface area contributed by atoms with Gasteiger partial charge in [0.25, 0.3) is 11.5 Å². The Morgan fingerprint density at radius 2 is 1.88 bits per heavy atom. The van der Waals surface area contributed by atoms with E-state index in [-0.39, 0.29) is 29.7 Å². The van der Waals surface area contributed by atoms with Gasteiger partial charge in [-0.2, -0.15) is 0 Å². The molecule has 0 N–H and O–H groups in total. The minimum absolute atomic E-state index is 0.0129. The summed E-state index contributed by atoms with van der Waals surface area (Å²) in [5.41, 5.74) is 0.728. The largest absolute Gasteiger partial charge is 0.459 e. The number of aromatic nitrogens is 4. The standard InChI is InChI=1S/C23H26N6O4S/c1-15(2)14-28-22(32)20-16(7-13-34-20)29-18(24-25-23(28)29)5-6-19(30)26-8-10-27(11-9-26)21(31)17-4-3-12-33-17/h3-4,7,12-13,15H,5-6,8-11,14H2,1-2H3. The molecule has 4 aromatic heterocycles. The van der Waals surface area contributed by atoms with Gasteiger partial charge in [0.15, 0.2) is 5.76 Å². The van der Waals surface area contributed by atoms with E-state index in [2.05, 4.69) is 24.0 Å². The van der Waals surface area contributed by atoms with Gasteiger partial charge in [-0.15, -0.1) is 21.5 Å². The third kappa shape index (κ3) is 4.00. The molecule has 4 aromatic rings. The fraction of sp³-hybridized carbons (Fsp3) is 0.435. The van der Waals surface area contributed by atoms with E-state index in [9.17, 15) is 14.4 Å². The zero-order valence-corrected chi connectivity index (χ0v) is 20.0. The van der Waals surface area contributed by atoms with Gasteiger partial charge in [-0.25, -0.2) is 0 Å². The number of aryl methyl sites for hydroxylation is 1. The molecule has 10 nitrogen and oxygen atoms in total. The number of carbonyl (C=O) groups excluding carboxylic acids is 2. The van der Waals surface area contributed by atoms with Crippen molar-refractivity contribution in [1.29, 1.82) is 0 Å². The Balaban J connectivity index is 1.29. The number of fused-ring (bicyclic) bond motifs is 3. The normalized spacial score (nSPS) is 14.6. The summed E-state index contributed by atoms with van der Waals surface area (Å²) in [7, 11) is 0. The first-order chi connectivity index (χ1) is 16.4. The van der Waals surface area contributed by atoms with Gasteiger partial charge in [0.05, 0.1) is 11.8 Å². The van der Waals surface area contributed by atoms with Gasteiger partial charge in [0.1, 0.15) is 10.5 Å². The van der Waals surface area contributed by atoms with Gasteiger partial charge in [0.2, 0.25) is 11.7 Å². The quantitative estimate of drug-likeness (QED) is 0.417. The zero-order chi connectivity index (χ0) is 23.8. The second-order valence-electron chi connectivity index (χ2n) is 8.85. The second-order valence-corrected chi connectivity index (χ2v) is 9.76. The number of hydrogen-bond donors (Lipinski definition) is 0. The molecule has 2 amide bonds. The van der Waals surface area contributed by atoms with Crippen LogP contribution in [0.2, 0.25) is 0 Å². The van der Waals surface area contributed by atoms with Crippen molar-refractivity contribution in [3.05, 3.63) is 51.8 Å². The zero-order valence-electron chi connectivity index (χ0n) is 19.1. The van der Waals surface area contributed by atoms with Gasteiger partial charge >= 0.3 is 0 Å². The number of carbonyl (C=O) groups is 2. The molecule has 1 saturated heterocycles. The highest BCUT2D eigenvalue weighted by Gasteiger charge is 2.26. The predicted octanol–water partition coefficient (Wildman–Crippen LogP) is 2.27. The molecular weight excluding hydrogens is 456 g/mol. The van der Waals surface area contributed by atoms with E-state index in [1.54, 1.807) is 26.5 Å². The maximum absolute atomic E-state index is 13.0. The first-order valence-corrected chi connectivity index (χ1v) is 12.3. The first kappa shape index (κ1) is 22.3. The molecule has 1 aliphatic rings. The molecule has 0 atom stereocenters. The van der Waals surface area contributed by atoms with Gasteiger partial charge in [-0.3, -0.25) is 23.4 Å². The Bertz CT molecular complexity index is 1390. The van der Waals surface area contributed by atoms with Crippen molar-refractivity contribution in [2.45, 2.75) is 33.2 Å². The first-order valence-electron chi connectivity index (χ1n) is 11.4. The predicted molar refractivity (Wildman–Crippen MR) is 127 cm³/mol. The number of hydrogen-bond acceptors (Lipinski definition) is 7. The van der Waals surface area contributed by atoms with Crippen LogP contribution < -0.4 is 5.56 Å². The third-order valence-corrected chi connectivity index (χ3v) is 6.93. The number of rotatable bonds is 6. The van der Waals surface area contributed by atoms with Gasteiger partial charge in [-0.1, -0.05) is 13.8 Å². The molecule has 5 heterocycles. The Morgan fingerprint density at radius 1 is 1.12 bits per heavy atom. The van der Waals surface area contributed by atoms with Gasteiger partial charge < -0.3 is 14.2 Å². The molecule has 1 fully saturated rings. The fourth-order valence-electron chi connectivity index (χ4n) is 4.36. The molecule has 0 saturated carbocycles. The number of piperazine rings is 1. The number of nitrogens with zero attached hydrogens (tertiary/aromatic N) is 6. The number of furan rings is 1. The lowest BCUT2D eigenvalue weighted by Crippen LogP contribution is -2.50. The van der Waals surface area contributed by atoms with E-state index in [0.717, 1.165) is 5.52 Å². The molecule has 0 aliphatic carbocycles. The van der Waals surface area contributed by atoms with Crippen LogP contribution in [0.25, 0.3) is 16.0 Å². The molecule has 11 heteroatoms. The molecule has 1 aliphatic heterocycles. The minimum atomic E-state index is -0.153. The summed E-state index contributed by atoms with van der Waals surface area (Å²) < 4.78 is 9.44. The number of amides is 2. The molecule has 0 aromatic carbocycles. The van der Waals surface area contributed by atoms with Crippen LogP contribution in [0.15, 0.2) is 39.1 Å². The van der Waals surface area contributed by atoms with Crippen molar-refractivity contribution >= 4 is 39.1 Å². The van der Waals surface area contributed by atoms with Gasteiger partial charge in [0, 0.05) is 45.6 Å². The molecule has 0 unspecified atom stereocenters. The van der Waals surface area contributed by atoms with Crippen LogP contribution in [0, 0.1) is 5.92 Å². The molecule has 0 spiro atoms. The number of thiophene rings is 1. The summed E-state index contributed by atoms with van der Waals surface area (Å²) in [5.74, 6) is 1.62. The smallest absolute Gasteiger partial charge is 0.289 e. The lowest BCUT2D eigenvalue weighted by atomic mass is 10.2. The summed E-state index contributed by atoms with van der Waals surface area (Å²) in [5, 5.41) is 10.5. The van der Waals surface area contributed by atoms with Crippen LogP contribution in [0.4, 0.5) is 0 Å². The SMILES string of the molecule is CC(C)Cn1c(=O)c2sccc2n2c(CCC(=O)N3CCN(C(=O)c4ccco4)CC3)nnc12. The lowest BCUT2D eigenvalue weighted by molar-refractivity contribution is -0.132. The van der Waals surface area contributed by atoms with E-state index >= 15 is 0 Å². The van der Waals surface area contributed by atoms with Crippen LogP contribution in [0.3, 0.4) is 0 Å². The van der Waals surface area contributed by atoms with Crippen LogP contribution in [0.5, 0.6) is 0 Å². The maximum Gasteiger partial charge on any atom is 0.289 e. The summed E-state index contributed by atoms with van der Waals surface area (Å²) in [4.78, 5) is 41.8. The topological polar surface area (TPSA) is 106 Å². The van der Waals surface area contributed by atoms with Crippen molar-refractivity contribution in [2.75, 3.05) is 26.2 Å². The average molecular weight is 483 g/mol. The maximum atomic E-state index is 13.0. The van der Waals surface area contributed by atoms with Crippen LogP contribution in [-0.2, 0) is 17.8 Å². The summed E-state index contributed by atoms with van der Waals surface area (Å²) in [6, 6.07) is 5.24. The highest BCUT2D eigenvalue weighted by molar-refractivity contribution is 7.17.